The zero-order valence-corrected chi connectivity index (χ0v) is 20.4. The van der Waals surface area contributed by atoms with Crippen molar-refractivity contribution in [3.05, 3.63) is 106 Å². The summed E-state index contributed by atoms with van der Waals surface area (Å²) in [4.78, 5) is 5.74. The molecule has 5 heteroatoms. The highest BCUT2D eigenvalue weighted by atomic mass is 19.1. The number of fused-ring (bicyclic) bond motifs is 2. The van der Waals surface area contributed by atoms with Crippen LogP contribution in [0.1, 0.15) is 47.1 Å². The minimum absolute atomic E-state index is 0.257. The van der Waals surface area contributed by atoms with Crippen LogP contribution in [0.3, 0.4) is 0 Å². The maximum atomic E-state index is 13.8. The van der Waals surface area contributed by atoms with Crippen molar-refractivity contribution in [2.45, 2.75) is 44.8 Å². The van der Waals surface area contributed by atoms with E-state index in [4.69, 9.17) is 4.74 Å². The number of halogens is 2. The lowest BCUT2D eigenvalue weighted by atomic mass is 9.82. The number of benzene rings is 3. The standard InChI is InChI=1S/C30H32F2N2O/c1-21-6-13-29-27(17-21)22(19-33-29)5-3-15-34(2)16-4-14-30(24-7-9-25(31)10-8-24)28-12-11-26(32)18-23(28)20-35-30/h6-13,17-19,33H,3-5,14-16,20H2,1-2H3. The molecule has 3 nitrogen and oxygen atoms in total. The molecule has 182 valence electrons. The van der Waals surface area contributed by atoms with Gasteiger partial charge in [-0.05, 0) is 111 Å². The van der Waals surface area contributed by atoms with Gasteiger partial charge in [-0.2, -0.15) is 0 Å². The van der Waals surface area contributed by atoms with Gasteiger partial charge in [0.1, 0.15) is 17.2 Å². The molecule has 3 aromatic carbocycles. The molecule has 0 radical (unpaired) electrons. The number of hydrogen-bond donors (Lipinski definition) is 1. The van der Waals surface area contributed by atoms with Crippen molar-refractivity contribution in [2.75, 3.05) is 20.1 Å². The maximum absolute atomic E-state index is 13.8. The molecular formula is C30H32F2N2O. The lowest BCUT2D eigenvalue weighted by Crippen LogP contribution is -2.29. The van der Waals surface area contributed by atoms with Gasteiger partial charge in [-0.25, -0.2) is 8.78 Å². The summed E-state index contributed by atoms with van der Waals surface area (Å²) >= 11 is 0. The molecule has 1 aliphatic rings. The number of aromatic amines is 1. The summed E-state index contributed by atoms with van der Waals surface area (Å²) in [5.41, 5.74) is 5.96. The van der Waals surface area contributed by atoms with Crippen molar-refractivity contribution in [1.82, 2.24) is 9.88 Å². The molecule has 0 spiro atoms. The van der Waals surface area contributed by atoms with Crippen molar-refractivity contribution < 1.29 is 13.5 Å². The summed E-state index contributed by atoms with van der Waals surface area (Å²) in [6.45, 7) is 4.43. The molecule has 1 atom stereocenters. The molecule has 2 heterocycles. The summed E-state index contributed by atoms with van der Waals surface area (Å²) in [5, 5.41) is 1.32. The Labute approximate surface area is 205 Å². The summed E-state index contributed by atoms with van der Waals surface area (Å²) in [5.74, 6) is -0.529. The van der Waals surface area contributed by atoms with Crippen molar-refractivity contribution >= 4 is 10.9 Å². The fourth-order valence-electron chi connectivity index (χ4n) is 5.41. The number of nitrogens with one attached hydrogen (secondary N) is 1. The van der Waals surface area contributed by atoms with E-state index < -0.39 is 5.60 Å². The van der Waals surface area contributed by atoms with E-state index in [0.717, 1.165) is 55.5 Å². The highest BCUT2D eigenvalue weighted by Gasteiger charge is 2.41. The Morgan fingerprint density at radius 1 is 0.943 bits per heavy atom. The Morgan fingerprint density at radius 2 is 1.71 bits per heavy atom. The molecule has 1 unspecified atom stereocenters. The van der Waals surface area contributed by atoms with Gasteiger partial charge in [-0.3, -0.25) is 0 Å². The predicted molar refractivity (Wildman–Crippen MR) is 136 cm³/mol. The second-order valence-electron chi connectivity index (χ2n) is 9.80. The first-order valence-electron chi connectivity index (χ1n) is 12.4. The molecular weight excluding hydrogens is 442 g/mol. The average Bonchev–Trinajstić information content (AvgIpc) is 3.41. The van der Waals surface area contributed by atoms with Gasteiger partial charge in [0.2, 0.25) is 0 Å². The first-order valence-corrected chi connectivity index (χ1v) is 12.4. The van der Waals surface area contributed by atoms with Gasteiger partial charge in [-0.15, -0.1) is 0 Å². The molecule has 1 aliphatic heterocycles. The smallest absolute Gasteiger partial charge is 0.123 e. The van der Waals surface area contributed by atoms with Crippen LogP contribution in [0.2, 0.25) is 0 Å². The Morgan fingerprint density at radius 3 is 2.54 bits per heavy atom. The van der Waals surface area contributed by atoms with Crippen molar-refractivity contribution in [3.63, 3.8) is 0 Å². The fraction of sp³-hybridized carbons (Fsp3) is 0.333. The van der Waals surface area contributed by atoms with Crippen LogP contribution < -0.4 is 0 Å². The minimum Gasteiger partial charge on any atom is -0.361 e. The van der Waals surface area contributed by atoms with Crippen molar-refractivity contribution in [3.8, 4) is 0 Å². The molecule has 0 bridgehead atoms. The fourth-order valence-corrected chi connectivity index (χ4v) is 5.41. The van der Waals surface area contributed by atoms with Crippen LogP contribution in [0.5, 0.6) is 0 Å². The quantitative estimate of drug-likeness (QED) is 0.287. The van der Waals surface area contributed by atoms with E-state index in [-0.39, 0.29) is 11.6 Å². The maximum Gasteiger partial charge on any atom is 0.123 e. The number of hydrogen-bond acceptors (Lipinski definition) is 2. The molecule has 0 aliphatic carbocycles. The number of ether oxygens (including phenoxy) is 1. The van der Waals surface area contributed by atoms with Crippen molar-refractivity contribution in [2.24, 2.45) is 0 Å². The number of H-pyrrole nitrogens is 1. The molecule has 0 amide bonds. The Balaban J connectivity index is 1.21. The van der Waals surface area contributed by atoms with Gasteiger partial charge >= 0.3 is 0 Å². The van der Waals surface area contributed by atoms with Crippen LogP contribution >= 0.6 is 0 Å². The second kappa shape index (κ2) is 9.92. The average molecular weight is 475 g/mol. The molecule has 35 heavy (non-hydrogen) atoms. The third kappa shape index (κ3) is 4.89. The van der Waals surface area contributed by atoms with E-state index in [1.807, 2.05) is 6.07 Å². The van der Waals surface area contributed by atoms with E-state index in [2.05, 4.69) is 48.3 Å². The Bertz CT molecular complexity index is 1310. The van der Waals surface area contributed by atoms with Crippen LogP contribution in [0.4, 0.5) is 8.78 Å². The SMILES string of the molecule is Cc1ccc2[nH]cc(CCCN(C)CCCC3(c4ccc(F)cc4)OCc4cc(F)ccc43)c2c1. The molecule has 1 aromatic heterocycles. The summed E-state index contributed by atoms with van der Waals surface area (Å²) in [6.07, 6.45) is 5.92. The Kier molecular flexibility index (Phi) is 6.72. The molecule has 1 N–H and O–H groups in total. The highest BCUT2D eigenvalue weighted by Crippen LogP contribution is 2.45. The van der Waals surface area contributed by atoms with Crippen molar-refractivity contribution in [1.29, 1.82) is 0 Å². The molecule has 0 saturated heterocycles. The van der Waals surface area contributed by atoms with Crippen LogP contribution in [-0.2, 0) is 23.4 Å². The van der Waals surface area contributed by atoms with E-state index >= 15 is 0 Å². The largest absolute Gasteiger partial charge is 0.361 e. The topological polar surface area (TPSA) is 28.3 Å². The monoisotopic (exact) mass is 474 g/mol. The van der Waals surface area contributed by atoms with E-state index in [9.17, 15) is 8.78 Å². The van der Waals surface area contributed by atoms with E-state index in [0.29, 0.717) is 6.61 Å². The van der Waals surface area contributed by atoms with E-state index in [1.165, 1.54) is 40.2 Å². The number of rotatable bonds is 9. The molecule has 5 rings (SSSR count). The lowest BCUT2D eigenvalue weighted by molar-refractivity contribution is -0.0142. The predicted octanol–water partition coefficient (Wildman–Crippen LogP) is 6.87. The first kappa shape index (κ1) is 23.7. The third-order valence-corrected chi connectivity index (χ3v) is 7.26. The normalized spacial score (nSPS) is 17.4. The summed E-state index contributed by atoms with van der Waals surface area (Å²) in [7, 11) is 2.16. The van der Waals surface area contributed by atoms with Gasteiger partial charge in [0.25, 0.3) is 0 Å². The van der Waals surface area contributed by atoms with Crippen LogP contribution in [0, 0.1) is 18.6 Å². The summed E-state index contributed by atoms with van der Waals surface area (Å²) in [6, 6.07) is 17.9. The van der Waals surface area contributed by atoms with Crippen LogP contribution in [0.15, 0.2) is 66.9 Å². The number of aryl methyl sites for hydroxylation is 2. The zero-order chi connectivity index (χ0) is 24.4. The first-order chi connectivity index (χ1) is 16.9. The minimum atomic E-state index is -0.667. The molecule has 4 aromatic rings. The lowest BCUT2D eigenvalue weighted by Gasteiger charge is -2.31. The van der Waals surface area contributed by atoms with Crippen LogP contribution in [-0.4, -0.2) is 30.0 Å². The Hall–Kier alpha value is -3.02. The van der Waals surface area contributed by atoms with Gasteiger partial charge < -0.3 is 14.6 Å². The zero-order valence-electron chi connectivity index (χ0n) is 20.4. The van der Waals surface area contributed by atoms with Gasteiger partial charge in [-0.1, -0.05) is 29.8 Å². The number of aromatic nitrogens is 1. The summed E-state index contributed by atoms with van der Waals surface area (Å²) < 4.78 is 33.8. The van der Waals surface area contributed by atoms with Gasteiger partial charge in [0.15, 0.2) is 0 Å². The third-order valence-electron chi connectivity index (χ3n) is 7.26. The number of nitrogens with zero attached hydrogens (tertiary/aromatic N) is 1. The second-order valence-corrected chi connectivity index (χ2v) is 9.80. The van der Waals surface area contributed by atoms with Crippen LogP contribution in [0.25, 0.3) is 10.9 Å². The molecule has 0 saturated carbocycles. The highest BCUT2D eigenvalue weighted by molar-refractivity contribution is 5.83. The van der Waals surface area contributed by atoms with Gasteiger partial charge in [0.05, 0.1) is 6.61 Å². The van der Waals surface area contributed by atoms with Gasteiger partial charge in [0, 0.05) is 17.1 Å². The molecule has 0 fully saturated rings. The van der Waals surface area contributed by atoms with E-state index in [1.54, 1.807) is 18.2 Å².